The van der Waals surface area contributed by atoms with Crippen LogP contribution < -0.4 is 19.5 Å². The molecule has 0 atom stereocenters. The fourth-order valence-electron chi connectivity index (χ4n) is 3.08. The molecular weight excluding hydrogens is 444 g/mol. The number of nitrogens with one attached hydrogen (secondary N) is 1. The van der Waals surface area contributed by atoms with Gasteiger partial charge in [-0.15, -0.1) is 11.3 Å². The molecule has 0 spiro atoms. The highest BCUT2D eigenvalue weighted by Crippen LogP contribution is 2.34. The lowest BCUT2D eigenvalue weighted by atomic mass is 10.1. The highest BCUT2D eigenvalue weighted by Gasteiger charge is 2.14. The second-order valence-electron chi connectivity index (χ2n) is 6.89. The molecule has 0 aliphatic heterocycles. The van der Waals surface area contributed by atoms with Crippen LogP contribution in [0.2, 0.25) is 0 Å². The summed E-state index contributed by atoms with van der Waals surface area (Å²) in [6, 6.07) is 12.8. The van der Waals surface area contributed by atoms with Crippen LogP contribution in [0.25, 0.3) is 22.6 Å². The summed E-state index contributed by atoms with van der Waals surface area (Å²) in [4.78, 5) is 21.3. The molecular formula is C23H22N4O5S. The van der Waals surface area contributed by atoms with Crippen molar-refractivity contribution in [3.05, 3.63) is 53.7 Å². The Hall–Kier alpha value is -3.92. The number of hydrogen-bond acceptors (Lipinski definition) is 9. The molecule has 2 aromatic carbocycles. The SMILES string of the molecule is COc1ccc(-c2noc(CCC(=O)Nc3nc(-c4ccc(OC)cc4OC)cs3)n2)cc1. The molecule has 0 fully saturated rings. The molecule has 170 valence electrons. The number of ether oxygens (including phenoxy) is 3. The summed E-state index contributed by atoms with van der Waals surface area (Å²) in [5.41, 5.74) is 2.32. The number of carbonyl (C=O) groups excluding carboxylic acids is 1. The third kappa shape index (κ3) is 5.29. The second kappa shape index (κ2) is 10.1. The number of aromatic nitrogens is 3. The number of rotatable bonds is 9. The van der Waals surface area contributed by atoms with E-state index in [1.165, 1.54) is 11.3 Å². The molecule has 2 heterocycles. The topological polar surface area (TPSA) is 109 Å². The summed E-state index contributed by atoms with van der Waals surface area (Å²) >= 11 is 1.34. The van der Waals surface area contributed by atoms with Gasteiger partial charge in [0, 0.05) is 35.4 Å². The predicted octanol–water partition coefficient (Wildman–Crippen LogP) is 4.46. The lowest BCUT2D eigenvalue weighted by molar-refractivity contribution is -0.116. The van der Waals surface area contributed by atoms with Crippen LogP contribution in [-0.4, -0.2) is 42.4 Å². The Kier molecular flexibility index (Phi) is 6.84. The molecule has 0 saturated carbocycles. The summed E-state index contributed by atoms with van der Waals surface area (Å²) in [6.45, 7) is 0. The number of carbonyl (C=O) groups is 1. The van der Waals surface area contributed by atoms with Crippen molar-refractivity contribution in [3.8, 4) is 39.9 Å². The minimum absolute atomic E-state index is 0.186. The molecule has 0 radical (unpaired) electrons. The number of aryl methyl sites for hydroxylation is 1. The zero-order valence-electron chi connectivity index (χ0n) is 18.3. The Morgan fingerprint density at radius 2 is 1.76 bits per heavy atom. The van der Waals surface area contributed by atoms with E-state index in [1.807, 2.05) is 41.8 Å². The zero-order valence-corrected chi connectivity index (χ0v) is 19.1. The third-order valence-electron chi connectivity index (χ3n) is 4.82. The summed E-state index contributed by atoms with van der Waals surface area (Å²) < 4.78 is 21.1. The van der Waals surface area contributed by atoms with Gasteiger partial charge in [-0.2, -0.15) is 4.98 Å². The Balaban J connectivity index is 1.35. The maximum Gasteiger partial charge on any atom is 0.227 e. The second-order valence-corrected chi connectivity index (χ2v) is 7.75. The first kappa shape index (κ1) is 22.3. The first-order valence-electron chi connectivity index (χ1n) is 10.0. The summed E-state index contributed by atoms with van der Waals surface area (Å²) in [7, 11) is 4.79. The summed E-state index contributed by atoms with van der Waals surface area (Å²) in [5, 5.41) is 9.15. The quantitative estimate of drug-likeness (QED) is 0.385. The number of thiazole rings is 1. The third-order valence-corrected chi connectivity index (χ3v) is 5.58. The van der Waals surface area contributed by atoms with Crippen LogP contribution in [0, 0.1) is 0 Å². The summed E-state index contributed by atoms with van der Waals surface area (Å²) in [5.74, 6) is 2.73. The van der Waals surface area contributed by atoms with E-state index in [0.717, 1.165) is 16.9 Å². The van der Waals surface area contributed by atoms with Crippen LogP contribution >= 0.6 is 11.3 Å². The van der Waals surface area contributed by atoms with Gasteiger partial charge in [-0.25, -0.2) is 4.98 Å². The van der Waals surface area contributed by atoms with Crippen LogP contribution in [0.15, 0.2) is 52.4 Å². The lowest BCUT2D eigenvalue weighted by Crippen LogP contribution is -2.12. The van der Waals surface area contributed by atoms with Gasteiger partial charge < -0.3 is 24.1 Å². The van der Waals surface area contributed by atoms with Gasteiger partial charge >= 0.3 is 0 Å². The maximum absolute atomic E-state index is 12.4. The number of anilines is 1. The molecule has 4 aromatic rings. The lowest BCUT2D eigenvalue weighted by Gasteiger charge is -2.08. The Morgan fingerprint density at radius 3 is 2.48 bits per heavy atom. The monoisotopic (exact) mass is 466 g/mol. The number of amides is 1. The molecule has 2 aromatic heterocycles. The highest BCUT2D eigenvalue weighted by atomic mass is 32.1. The Labute approximate surface area is 194 Å². The van der Waals surface area contributed by atoms with E-state index in [4.69, 9.17) is 18.7 Å². The Morgan fingerprint density at radius 1 is 1.00 bits per heavy atom. The predicted molar refractivity (Wildman–Crippen MR) is 124 cm³/mol. The van der Waals surface area contributed by atoms with Crippen LogP contribution in [0.4, 0.5) is 5.13 Å². The fourth-order valence-corrected chi connectivity index (χ4v) is 3.81. The van der Waals surface area contributed by atoms with Gasteiger partial charge in [0.05, 0.1) is 27.0 Å². The fraction of sp³-hybridized carbons (Fsp3) is 0.217. The van der Waals surface area contributed by atoms with Crippen molar-refractivity contribution in [2.45, 2.75) is 12.8 Å². The van der Waals surface area contributed by atoms with E-state index in [0.29, 0.717) is 40.5 Å². The summed E-state index contributed by atoms with van der Waals surface area (Å²) in [6.07, 6.45) is 0.505. The van der Waals surface area contributed by atoms with Crippen LogP contribution in [0.1, 0.15) is 12.3 Å². The normalized spacial score (nSPS) is 10.6. The number of nitrogens with zero attached hydrogens (tertiary/aromatic N) is 3. The number of methoxy groups -OCH3 is 3. The average molecular weight is 467 g/mol. The molecule has 0 saturated heterocycles. The van der Waals surface area contributed by atoms with E-state index >= 15 is 0 Å². The minimum atomic E-state index is -0.193. The molecule has 0 aliphatic rings. The van der Waals surface area contributed by atoms with Crippen LogP contribution in [0.3, 0.4) is 0 Å². The van der Waals surface area contributed by atoms with Crippen molar-refractivity contribution in [1.82, 2.24) is 15.1 Å². The van der Waals surface area contributed by atoms with E-state index in [2.05, 4.69) is 20.4 Å². The highest BCUT2D eigenvalue weighted by molar-refractivity contribution is 7.14. The Bertz CT molecular complexity index is 1240. The van der Waals surface area contributed by atoms with Gasteiger partial charge in [0.25, 0.3) is 0 Å². The van der Waals surface area contributed by atoms with Crippen molar-refractivity contribution in [2.24, 2.45) is 0 Å². The number of hydrogen-bond donors (Lipinski definition) is 1. The standard InChI is InChI=1S/C23H22N4O5S/c1-29-15-6-4-14(5-7-15)22-26-21(32-27-22)11-10-20(28)25-23-24-18(13-33-23)17-9-8-16(30-2)12-19(17)31-3/h4-9,12-13H,10-11H2,1-3H3,(H,24,25,28). The van der Waals surface area contributed by atoms with E-state index in [9.17, 15) is 4.79 Å². The molecule has 0 unspecified atom stereocenters. The van der Waals surface area contributed by atoms with Crippen molar-refractivity contribution in [2.75, 3.05) is 26.6 Å². The maximum atomic E-state index is 12.4. The van der Waals surface area contributed by atoms with Gasteiger partial charge in [0.15, 0.2) is 5.13 Å². The molecule has 33 heavy (non-hydrogen) atoms. The average Bonchev–Trinajstić information content (AvgIpc) is 3.52. The van der Waals surface area contributed by atoms with Crippen LogP contribution in [-0.2, 0) is 11.2 Å². The van der Waals surface area contributed by atoms with Gasteiger partial charge in [-0.05, 0) is 36.4 Å². The van der Waals surface area contributed by atoms with E-state index in [-0.39, 0.29) is 12.3 Å². The van der Waals surface area contributed by atoms with E-state index < -0.39 is 0 Å². The zero-order chi connectivity index (χ0) is 23.2. The molecule has 0 aliphatic carbocycles. The first-order chi connectivity index (χ1) is 16.1. The minimum Gasteiger partial charge on any atom is -0.497 e. The van der Waals surface area contributed by atoms with Crippen LogP contribution in [0.5, 0.6) is 17.2 Å². The number of benzene rings is 2. The van der Waals surface area contributed by atoms with Crippen molar-refractivity contribution >= 4 is 22.4 Å². The molecule has 9 nitrogen and oxygen atoms in total. The molecule has 1 amide bonds. The van der Waals surface area contributed by atoms with E-state index in [1.54, 1.807) is 27.4 Å². The molecule has 10 heteroatoms. The largest absolute Gasteiger partial charge is 0.497 e. The smallest absolute Gasteiger partial charge is 0.227 e. The molecule has 1 N–H and O–H groups in total. The van der Waals surface area contributed by atoms with Gasteiger partial charge in [0.1, 0.15) is 17.2 Å². The van der Waals surface area contributed by atoms with Crippen molar-refractivity contribution in [1.29, 1.82) is 0 Å². The molecule has 0 bridgehead atoms. The first-order valence-corrected chi connectivity index (χ1v) is 10.9. The van der Waals surface area contributed by atoms with Crippen molar-refractivity contribution < 1.29 is 23.5 Å². The van der Waals surface area contributed by atoms with Gasteiger partial charge in [-0.3, -0.25) is 4.79 Å². The van der Waals surface area contributed by atoms with Gasteiger partial charge in [0.2, 0.25) is 17.6 Å². The van der Waals surface area contributed by atoms with Crippen molar-refractivity contribution in [3.63, 3.8) is 0 Å². The van der Waals surface area contributed by atoms with Gasteiger partial charge in [-0.1, -0.05) is 5.16 Å². The molecule has 4 rings (SSSR count).